The van der Waals surface area contributed by atoms with Crippen LogP contribution in [-0.2, 0) is 9.53 Å². The molecule has 6 nitrogen and oxygen atoms in total. The molecule has 0 aromatic heterocycles. The lowest BCUT2D eigenvalue weighted by molar-refractivity contribution is -0.174. The standard InChI is InChI=1S/C24H30F3N3O3/c1-19(30-15-13-29(14-16-30)12-5-17-32-18-24(25,26)27)23(31)28-20-8-10-22(11-9-20)33-21-6-3-2-4-7-21/h2-4,6-11,19H,5,12-18H2,1H3,(H,28,31). The van der Waals surface area contributed by atoms with E-state index in [1.807, 2.05) is 61.5 Å². The molecule has 1 heterocycles. The lowest BCUT2D eigenvalue weighted by Crippen LogP contribution is -2.52. The number of rotatable bonds is 10. The monoisotopic (exact) mass is 465 g/mol. The zero-order valence-corrected chi connectivity index (χ0v) is 18.7. The summed E-state index contributed by atoms with van der Waals surface area (Å²) >= 11 is 0. The maximum atomic E-state index is 12.7. The van der Waals surface area contributed by atoms with Crippen LogP contribution in [0.5, 0.6) is 11.5 Å². The number of hydrogen-bond donors (Lipinski definition) is 1. The third-order valence-corrected chi connectivity index (χ3v) is 5.46. The van der Waals surface area contributed by atoms with E-state index in [0.717, 1.165) is 31.9 Å². The molecule has 1 unspecified atom stereocenters. The maximum Gasteiger partial charge on any atom is 0.411 e. The quantitative estimate of drug-likeness (QED) is 0.528. The van der Waals surface area contributed by atoms with Gasteiger partial charge in [-0.3, -0.25) is 9.69 Å². The first kappa shape index (κ1) is 25.0. The zero-order valence-electron chi connectivity index (χ0n) is 18.7. The number of halogens is 3. The summed E-state index contributed by atoms with van der Waals surface area (Å²) in [7, 11) is 0. The van der Waals surface area contributed by atoms with Crippen LogP contribution in [0.4, 0.5) is 18.9 Å². The highest BCUT2D eigenvalue weighted by Crippen LogP contribution is 2.23. The Morgan fingerprint density at radius 1 is 1.00 bits per heavy atom. The Hall–Kier alpha value is -2.62. The summed E-state index contributed by atoms with van der Waals surface area (Å²) in [5, 5.41) is 2.94. The summed E-state index contributed by atoms with van der Waals surface area (Å²) in [6, 6.07) is 16.4. The fourth-order valence-electron chi connectivity index (χ4n) is 3.60. The lowest BCUT2D eigenvalue weighted by atomic mass is 10.2. The number of carbonyl (C=O) groups excluding carboxylic acids is 1. The Balaban J connectivity index is 1.36. The van der Waals surface area contributed by atoms with Crippen molar-refractivity contribution in [1.82, 2.24) is 9.80 Å². The molecule has 9 heteroatoms. The van der Waals surface area contributed by atoms with Crippen molar-refractivity contribution in [1.29, 1.82) is 0 Å². The maximum absolute atomic E-state index is 12.7. The first-order valence-corrected chi connectivity index (χ1v) is 11.0. The van der Waals surface area contributed by atoms with Gasteiger partial charge in [-0.1, -0.05) is 18.2 Å². The van der Waals surface area contributed by atoms with Gasteiger partial charge in [-0.15, -0.1) is 0 Å². The van der Waals surface area contributed by atoms with Gasteiger partial charge in [-0.05, 0) is 49.7 Å². The number of piperazine rings is 1. The number of ether oxygens (including phenoxy) is 2. The van der Waals surface area contributed by atoms with Gasteiger partial charge >= 0.3 is 6.18 Å². The van der Waals surface area contributed by atoms with Gasteiger partial charge in [0.05, 0.1) is 6.04 Å². The number of amides is 1. The molecule has 33 heavy (non-hydrogen) atoms. The SMILES string of the molecule is CC(C(=O)Nc1ccc(Oc2ccccc2)cc1)N1CCN(CCCOCC(F)(F)F)CC1. The molecule has 3 rings (SSSR count). The van der Waals surface area contributed by atoms with Crippen LogP contribution in [0.1, 0.15) is 13.3 Å². The number of hydrogen-bond acceptors (Lipinski definition) is 5. The Labute approximate surface area is 192 Å². The molecule has 0 saturated carbocycles. The summed E-state index contributed by atoms with van der Waals surface area (Å²) in [6.07, 6.45) is -3.73. The molecular weight excluding hydrogens is 435 g/mol. The number of benzene rings is 2. The van der Waals surface area contributed by atoms with Gasteiger partial charge in [-0.2, -0.15) is 13.2 Å². The Kier molecular flexibility index (Phi) is 9.11. The molecule has 1 saturated heterocycles. The topological polar surface area (TPSA) is 54.0 Å². The average Bonchev–Trinajstić information content (AvgIpc) is 2.80. The van der Waals surface area contributed by atoms with E-state index in [9.17, 15) is 18.0 Å². The highest BCUT2D eigenvalue weighted by molar-refractivity contribution is 5.94. The van der Waals surface area contributed by atoms with Crippen LogP contribution in [0.2, 0.25) is 0 Å². The van der Waals surface area contributed by atoms with Crippen LogP contribution in [0.3, 0.4) is 0 Å². The van der Waals surface area contributed by atoms with E-state index >= 15 is 0 Å². The molecule has 1 N–H and O–H groups in total. The van der Waals surface area contributed by atoms with E-state index in [0.29, 0.717) is 24.4 Å². The van der Waals surface area contributed by atoms with Gasteiger partial charge in [0, 0.05) is 45.0 Å². The summed E-state index contributed by atoms with van der Waals surface area (Å²) in [5.41, 5.74) is 0.699. The second kappa shape index (κ2) is 12.0. The van der Waals surface area contributed by atoms with Crippen molar-refractivity contribution >= 4 is 11.6 Å². The second-order valence-electron chi connectivity index (χ2n) is 8.00. The summed E-state index contributed by atoms with van der Waals surface area (Å²) in [6.45, 7) is 4.44. The molecule has 1 aliphatic rings. The van der Waals surface area contributed by atoms with Gasteiger partial charge in [0.1, 0.15) is 18.1 Å². The summed E-state index contributed by atoms with van der Waals surface area (Å²) in [4.78, 5) is 17.0. The normalized spacial score (nSPS) is 16.4. The minimum absolute atomic E-state index is 0.0827. The third kappa shape index (κ3) is 8.68. The van der Waals surface area contributed by atoms with Crippen LogP contribution in [0.25, 0.3) is 0 Å². The Bertz CT molecular complexity index is 855. The van der Waals surface area contributed by atoms with Gasteiger partial charge in [0.25, 0.3) is 0 Å². The molecule has 0 bridgehead atoms. The van der Waals surface area contributed by atoms with E-state index in [1.165, 1.54) is 0 Å². The summed E-state index contributed by atoms with van der Waals surface area (Å²) in [5.74, 6) is 1.35. The average molecular weight is 466 g/mol. The van der Waals surface area contributed by atoms with E-state index in [2.05, 4.69) is 19.9 Å². The molecular formula is C24H30F3N3O3. The third-order valence-electron chi connectivity index (χ3n) is 5.46. The Morgan fingerprint density at radius 3 is 2.27 bits per heavy atom. The molecule has 0 aliphatic carbocycles. The number of carbonyl (C=O) groups is 1. The molecule has 2 aromatic carbocycles. The van der Waals surface area contributed by atoms with Crippen molar-refractivity contribution in [2.45, 2.75) is 25.6 Å². The molecule has 0 radical (unpaired) electrons. The second-order valence-corrected chi connectivity index (χ2v) is 8.00. The molecule has 1 fully saturated rings. The largest absolute Gasteiger partial charge is 0.457 e. The van der Waals surface area contributed by atoms with Crippen molar-refractivity contribution < 1.29 is 27.4 Å². The van der Waals surface area contributed by atoms with Crippen molar-refractivity contribution in [3.05, 3.63) is 54.6 Å². The minimum atomic E-state index is -4.28. The van der Waals surface area contributed by atoms with Crippen LogP contribution >= 0.6 is 0 Å². The van der Waals surface area contributed by atoms with Gasteiger partial charge < -0.3 is 19.7 Å². The van der Waals surface area contributed by atoms with Crippen molar-refractivity contribution in [3.8, 4) is 11.5 Å². The molecule has 1 amide bonds. The highest BCUT2D eigenvalue weighted by Gasteiger charge is 2.28. The van der Waals surface area contributed by atoms with Gasteiger partial charge in [0.15, 0.2) is 0 Å². The highest BCUT2D eigenvalue weighted by atomic mass is 19.4. The van der Waals surface area contributed by atoms with E-state index in [1.54, 1.807) is 0 Å². The lowest BCUT2D eigenvalue weighted by Gasteiger charge is -2.37. The van der Waals surface area contributed by atoms with Crippen LogP contribution in [-0.4, -0.2) is 73.9 Å². The summed E-state index contributed by atoms with van der Waals surface area (Å²) < 4.78 is 46.6. The van der Waals surface area contributed by atoms with Gasteiger partial charge in [-0.25, -0.2) is 0 Å². The van der Waals surface area contributed by atoms with E-state index in [4.69, 9.17) is 4.74 Å². The van der Waals surface area contributed by atoms with Crippen molar-refractivity contribution in [2.24, 2.45) is 0 Å². The van der Waals surface area contributed by atoms with Crippen LogP contribution in [0, 0.1) is 0 Å². The van der Waals surface area contributed by atoms with E-state index < -0.39 is 12.8 Å². The number of alkyl halides is 3. The number of nitrogens with zero attached hydrogens (tertiary/aromatic N) is 2. The number of anilines is 1. The Morgan fingerprint density at radius 2 is 1.64 bits per heavy atom. The molecule has 1 atom stereocenters. The predicted octanol–water partition coefficient (Wildman–Crippen LogP) is 4.39. The molecule has 1 aliphatic heterocycles. The predicted molar refractivity (Wildman–Crippen MR) is 121 cm³/mol. The number of nitrogens with one attached hydrogen (secondary N) is 1. The fourth-order valence-corrected chi connectivity index (χ4v) is 3.60. The van der Waals surface area contributed by atoms with Gasteiger partial charge in [0.2, 0.25) is 5.91 Å². The van der Waals surface area contributed by atoms with E-state index in [-0.39, 0.29) is 18.6 Å². The first-order chi connectivity index (χ1) is 15.8. The molecule has 180 valence electrons. The smallest absolute Gasteiger partial charge is 0.411 e. The molecule has 0 spiro atoms. The molecule has 2 aromatic rings. The first-order valence-electron chi connectivity index (χ1n) is 11.0. The number of para-hydroxylation sites is 1. The minimum Gasteiger partial charge on any atom is -0.457 e. The van der Waals surface area contributed by atoms with Crippen molar-refractivity contribution in [3.63, 3.8) is 0 Å². The van der Waals surface area contributed by atoms with Crippen LogP contribution < -0.4 is 10.1 Å². The zero-order chi connectivity index (χ0) is 23.7. The van der Waals surface area contributed by atoms with Crippen molar-refractivity contribution in [2.75, 3.05) is 51.3 Å². The van der Waals surface area contributed by atoms with Crippen LogP contribution in [0.15, 0.2) is 54.6 Å². The fraction of sp³-hybridized carbons (Fsp3) is 0.458.